The zero-order valence-corrected chi connectivity index (χ0v) is 14.2. The second kappa shape index (κ2) is 7.21. The van der Waals surface area contributed by atoms with Crippen LogP contribution in [0.3, 0.4) is 0 Å². The Morgan fingerprint density at radius 1 is 1.32 bits per heavy atom. The fraction of sp³-hybridized carbons (Fsp3) is 0.733. The van der Waals surface area contributed by atoms with Crippen LogP contribution in [0.1, 0.15) is 44.1 Å². The second-order valence-corrected chi connectivity index (χ2v) is 8.34. The first-order chi connectivity index (χ1) is 9.13. The number of hydrogen-bond donors (Lipinski definition) is 1. The highest BCUT2D eigenvalue weighted by atomic mass is 79.9. The van der Waals surface area contributed by atoms with Gasteiger partial charge in [0.1, 0.15) is 0 Å². The predicted octanol–water partition coefficient (Wildman–Crippen LogP) is 4.24. The summed E-state index contributed by atoms with van der Waals surface area (Å²) in [5.74, 6) is 0. The van der Waals surface area contributed by atoms with E-state index in [0.717, 1.165) is 19.6 Å². The largest absolute Gasteiger partial charge is 0.330 e. The Hall–Kier alpha value is 0.1000. The third-order valence-electron chi connectivity index (χ3n) is 4.28. The molecule has 0 aliphatic heterocycles. The van der Waals surface area contributed by atoms with E-state index in [-0.39, 0.29) is 0 Å². The SMILES string of the molecule is CN(Cc1csc(Br)c1)CC1(CN)CCCCCC1. The predicted molar refractivity (Wildman–Crippen MR) is 87.5 cm³/mol. The van der Waals surface area contributed by atoms with Crippen molar-refractivity contribution in [3.05, 3.63) is 20.8 Å². The van der Waals surface area contributed by atoms with Crippen LogP contribution in [0.25, 0.3) is 0 Å². The van der Waals surface area contributed by atoms with Crippen LogP contribution in [0.4, 0.5) is 0 Å². The molecule has 4 heteroatoms. The van der Waals surface area contributed by atoms with Gasteiger partial charge in [-0.3, -0.25) is 0 Å². The molecule has 1 aliphatic carbocycles. The molecular weight excluding hydrogens is 320 g/mol. The molecule has 19 heavy (non-hydrogen) atoms. The molecule has 0 bridgehead atoms. The molecule has 2 nitrogen and oxygen atoms in total. The average Bonchev–Trinajstić information content (AvgIpc) is 2.65. The molecule has 1 fully saturated rings. The Bertz CT molecular complexity index is 383. The molecule has 1 aliphatic rings. The maximum atomic E-state index is 6.12. The highest BCUT2D eigenvalue weighted by Gasteiger charge is 2.30. The van der Waals surface area contributed by atoms with E-state index in [1.54, 1.807) is 11.3 Å². The van der Waals surface area contributed by atoms with Crippen molar-refractivity contribution in [2.24, 2.45) is 11.1 Å². The van der Waals surface area contributed by atoms with Gasteiger partial charge in [0.15, 0.2) is 0 Å². The molecule has 0 spiro atoms. The zero-order chi connectivity index (χ0) is 13.7. The van der Waals surface area contributed by atoms with E-state index >= 15 is 0 Å². The number of hydrogen-bond acceptors (Lipinski definition) is 3. The van der Waals surface area contributed by atoms with E-state index in [1.165, 1.54) is 47.9 Å². The Morgan fingerprint density at radius 2 is 2.00 bits per heavy atom. The van der Waals surface area contributed by atoms with E-state index in [0.29, 0.717) is 5.41 Å². The monoisotopic (exact) mass is 344 g/mol. The molecule has 1 aromatic heterocycles. The van der Waals surface area contributed by atoms with Gasteiger partial charge in [-0.05, 0) is 64.8 Å². The van der Waals surface area contributed by atoms with E-state index in [9.17, 15) is 0 Å². The van der Waals surface area contributed by atoms with Gasteiger partial charge in [0.2, 0.25) is 0 Å². The highest BCUT2D eigenvalue weighted by molar-refractivity contribution is 9.11. The summed E-state index contributed by atoms with van der Waals surface area (Å²) in [5, 5.41) is 2.24. The number of thiophene rings is 1. The maximum absolute atomic E-state index is 6.12. The number of halogens is 1. The Labute approximate surface area is 129 Å². The summed E-state index contributed by atoms with van der Waals surface area (Å²) in [4.78, 5) is 2.45. The summed E-state index contributed by atoms with van der Waals surface area (Å²) < 4.78 is 1.22. The fourth-order valence-electron chi connectivity index (χ4n) is 3.27. The third kappa shape index (κ3) is 4.55. The number of nitrogens with zero attached hydrogens (tertiary/aromatic N) is 1. The minimum absolute atomic E-state index is 0.360. The van der Waals surface area contributed by atoms with Crippen molar-refractivity contribution in [1.82, 2.24) is 4.90 Å². The van der Waals surface area contributed by atoms with Gasteiger partial charge in [0.25, 0.3) is 0 Å². The second-order valence-electron chi connectivity index (χ2n) is 6.05. The van der Waals surface area contributed by atoms with Crippen molar-refractivity contribution in [3.63, 3.8) is 0 Å². The minimum Gasteiger partial charge on any atom is -0.330 e. The van der Waals surface area contributed by atoms with E-state index < -0.39 is 0 Å². The van der Waals surface area contributed by atoms with Crippen LogP contribution in [-0.4, -0.2) is 25.0 Å². The van der Waals surface area contributed by atoms with Gasteiger partial charge in [0, 0.05) is 13.1 Å². The van der Waals surface area contributed by atoms with Crippen molar-refractivity contribution >= 4 is 27.3 Å². The average molecular weight is 345 g/mol. The van der Waals surface area contributed by atoms with Crippen LogP contribution in [-0.2, 0) is 6.54 Å². The summed E-state index contributed by atoms with van der Waals surface area (Å²) in [6, 6.07) is 2.23. The lowest BCUT2D eigenvalue weighted by Gasteiger charge is -2.35. The first kappa shape index (κ1) is 15.5. The lowest BCUT2D eigenvalue weighted by Crippen LogP contribution is -2.40. The number of rotatable bonds is 5. The molecule has 0 radical (unpaired) electrons. The maximum Gasteiger partial charge on any atom is 0.0701 e. The molecule has 1 saturated carbocycles. The van der Waals surface area contributed by atoms with E-state index in [4.69, 9.17) is 5.73 Å². The lowest BCUT2D eigenvalue weighted by molar-refractivity contribution is 0.153. The van der Waals surface area contributed by atoms with Gasteiger partial charge in [-0.1, -0.05) is 25.7 Å². The van der Waals surface area contributed by atoms with Gasteiger partial charge in [-0.25, -0.2) is 0 Å². The molecule has 1 aromatic rings. The van der Waals surface area contributed by atoms with Gasteiger partial charge in [-0.15, -0.1) is 11.3 Å². The molecule has 0 atom stereocenters. The molecule has 0 unspecified atom stereocenters. The van der Waals surface area contributed by atoms with Crippen molar-refractivity contribution in [2.45, 2.75) is 45.1 Å². The first-order valence-electron chi connectivity index (χ1n) is 7.25. The molecule has 2 N–H and O–H groups in total. The molecular formula is C15H25BrN2S. The van der Waals surface area contributed by atoms with Crippen molar-refractivity contribution in [2.75, 3.05) is 20.1 Å². The summed E-state index contributed by atoms with van der Waals surface area (Å²) >= 11 is 5.30. The van der Waals surface area contributed by atoms with Crippen molar-refractivity contribution < 1.29 is 0 Å². The van der Waals surface area contributed by atoms with Gasteiger partial charge < -0.3 is 10.6 Å². The summed E-state index contributed by atoms with van der Waals surface area (Å²) in [6.45, 7) is 3.01. The molecule has 108 valence electrons. The standard InChI is InChI=1S/C15H25BrN2S/c1-18(9-13-8-14(16)19-10-13)12-15(11-17)6-4-2-3-5-7-15/h8,10H,2-7,9,11-12,17H2,1H3. The smallest absolute Gasteiger partial charge is 0.0701 e. The normalized spacial score (nSPS) is 19.6. The van der Waals surface area contributed by atoms with Crippen LogP contribution in [0.2, 0.25) is 0 Å². The summed E-state index contributed by atoms with van der Waals surface area (Å²) in [6.07, 6.45) is 8.11. The van der Waals surface area contributed by atoms with Crippen molar-refractivity contribution in [1.29, 1.82) is 0 Å². The van der Waals surface area contributed by atoms with Crippen LogP contribution in [0, 0.1) is 5.41 Å². The minimum atomic E-state index is 0.360. The van der Waals surface area contributed by atoms with Gasteiger partial charge in [0.05, 0.1) is 3.79 Å². The van der Waals surface area contributed by atoms with E-state index in [1.807, 2.05) is 0 Å². The molecule has 0 aromatic carbocycles. The molecule has 1 heterocycles. The van der Waals surface area contributed by atoms with Crippen LogP contribution >= 0.6 is 27.3 Å². The Balaban J connectivity index is 1.93. The van der Waals surface area contributed by atoms with Crippen LogP contribution < -0.4 is 5.73 Å². The van der Waals surface area contributed by atoms with Gasteiger partial charge in [-0.2, -0.15) is 0 Å². The zero-order valence-electron chi connectivity index (χ0n) is 11.8. The summed E-state index contributed by atoms with van der Waals surface area (Å²) in [7, 11) is 2.23. The Kier molecular flexibility index (Phi) is 5.87. The van der Waals surface area contributed by atoms with Gasteiger partial charge >= 0.3 is 0 Å². The van der Waals surface area contributed by atoms with E-state index in [2.05, 4.69) is 39.3 Å². The molecule has 0 amide bonds. The summed E-state index contributed by atoms with van der Waals surface area (Å²) in [5.41, 5.74) is 7.88. The number of nitrogens with two attached hydrogens (primary N) is 1. The molecule has 2 rings (SSSR count). The van der Waals surface area contributed by atoms with Crippen molar-refractivity contribution in [3.8, 4) is 0 Å². The highest BCUT2D eigenvalue weighted by Crippen LogP contribution is 2.35. The Morgan fingerprint density at radius 3 is 2.53 bits per heavy atom. The first-order valence-corrected chi connectivity index (χ1v) is 8.92. The van der Waals surface area contributed by atoms with Crippen LogP contribution in [0.15, 0.2) is 15.2 Å². The fourth-order valence-corrected chi connectivity index (χ4v) is 4.47. The quantitative estimate of drug-likeness (QED) is 0.809. The van der Waals surface area contributed by atoms with Crippen LogP contribution in [0.5, 0.6) is 0 Å². The molecule has 0 saturated heterocycles. The lowest BCUT2D eigenvalue weighted by atomic mass is 9.80. The third-order valence-corrected chi connectivity index (χ3v) is 5.83. The topological polar surface area (TPSA) is 29.3 Å².